The molecule has 186 valence electrons. The Balaban J connectivity index is 1.87. The van der Waals surface area contributed by atoms with Gasteiger partial charge in [-0.25, -0.2) is 0 Å². The van der Waals surface area contributed by atoms with Gasteiger partial charge in [0.25, 0.3) is 10.1 Å². The van der Waals surface area contributed by atoms with Gasteiger partial charge in [-0.15, -0.1) is 0 Å². The van der Waals surface area contributed by atoms with Gasteiger partial charge in [-0.2, -0.15) is 8.42 Å². The van der Waals surface area contributed by atoms with E-state index in [1.807, 2.05) is 6.07 Å². The van der Waals surface area contributed by atoms with Crippen LogP contribution < -0.4 is 0 Å². The lowest BCUT2D eigenvalue weighted by molar-refractivity contribution is 0.306. The third-order valence-electron chi connectivity index (χ3n) is 5.86. The molecule has 6 heteroatoms. The average Bonchev–Trinajstić information content (AvgIpc) is 2.74. The van der Waals surface area contributed by atoms with Gasteiger partial charge in [0.1, 0.15) is 0 Å². The Labute approximate surface area is 225 Å². The Bertz CT molecular complexity index is 672. The van der Waals surface area contributed by atoms with Crippen molar-refractivity contribution >= 4 is 55.3 Å². The van der Waals surface area contributed by atoms with Crippen LogP contribution in [0.4, 0.5) is 0 Å². The number of hydrogen-bond acceptors (Lipinski definition) is 3. The smallest absolute Gasteiger partial charge is 0.266 e. The summed E-state index contributed by atoms with van der Waals surface area (Å²) in [6.07, 6.45) is 23.8. The predicted molar refractivity (Wildman–Crippen MR) is 154 cm³/mol. The molecule has 32 heavy (non-hydrogen) atoms. The largest absolute Gasteiger partial charge is 0.297 e. The number of rotatable bonds is 21. The van der Waals surface area contributed by atoms with Crippen LogP contribution in [-0.2, 0) is 14.3 Å². The molecule has 0 spiro atoms. The molecule has 0 fully saturated rings. The van der Waals surface area contributed by atoms with Gasteiger partial charge in [0.05, 0.1) is 11.5 Å². The molecule has 3 nitrogen and oxygen atoms in total. The van der Waals surface area contributed by atoms with Crippen LogP contribution in [0.1, 0.15) is 122 Å². The maximum atomic E-state index is 12.3. The zero-order valence-electron chi connectivity index (χ0n) is 20.1. The quantitative estimate of drug-likeness (QED) is 0.0734. The van der Waals surface area contributed by atoms with Gasteiger partial charge >= 0.3 is 0 Å². The molecule has 0 aliphatic rings. The first kappa shape index (κ1) is 30.6. The fourth-order valence-electron chi connectivity index (χ4n) is 3.91. The summed E-state index contributed by atoms with van der Waals surface area (Å²) in [4.78, 5) is 0.260. The molecule has 0 amide bonds. The van der Waals surface area contributed by atoms with Crippen LogP contribution >= 0.6 is 45.2 Å². The third kappa shape index (κ3) is 16.3. The fourth-order valence-corrected chi connectivity index (χ4v) is 7.29. The summed E-state index contributed by atoms with van der Waals surface area (Å²) in [5, 5.41) is 0. The second-order valence-corrected chi connectivity index (χ2v) is 13.0. The van der Waals surface area contributed by atoms with Gasteiger partial charge in [0.2, 0.25) is 0 Å². The summed E-state index contributed by atoms with van der Waals surface area (Å²) in [7, 11) is -3.64. The number of benzene rings is 1. The fraction of sp³-hybridized carbons (Fsp3) is 0.769. The summed E-state index contributed by atoms with van der Waals surface area (Å²) in [6, 6.07) is 5.26. The molecule has 0 aliphatic carbocycles. The van der Waals surface area contributed by atoms with Gasteiger partial charge in [-0.3, -0.25) is 4.18 Å². The number of hydrogen-bond donors (Lipinski definition) is 0. The molecule has 0 saturated heterocycles. The summed E-state index contributed by atoms with van der Waals surface area (Å²) >= 11 is 4.26. The highest BCUT2D eigenvalue weighted by molar-refractivity contribution is 14.1. The Hall–Kier alpha value is 0.590. The van der Waals surface area contributed by atoms with Crippen molar-refractivity contribution in [3.05, 3.63) is 25.3 Å². The molecule has 0 heterocycles. The van der Waals surface area contributed by atoms with E-state index in [2.05, 4.69) is 52.1 Å². The second-order valence-electron chi connectivity index (χ2n) is 8.89. The zero-order valence-corrected chi connectivity index (χ0v) is 25.2. The van der Waals surface area contributed by atoms with Crippen molar-refractivity contribution in [3.63, 3.8) is 0 Å². The van der Waals surface area contributed by atoms with E-state index in [0.29, 0.717) is 0 Å². The highest BCUT2D eigenvalue weighted by Gasteiger charge is 2.16. The second kappa shape index (κ2) is 19.8. The minimum atomic E-state index is -3.64. The Kier molecular flexibility index (Phi) is 19.0. The molecule has 0 saturated carbocycles. The first-order valence-electron chi connectivity index (χ1n) is 12.8. The van der Waals surface area contributed by atoms with E-state index >= 15 is 0 Å². The van der Waals surface area contributed by atoms with Gasteiger partial charge in [0.15, 0.2) is 0 Å². The van der Waals surface area contributed by atoms with Crippen molar-refractivity contribution in [2.45, 2.75) is 127 Å². The number of halogens is 2. The van der Waals surface area contributed by atoms with E-state index in [1.54, 1.807) is 12.1 Å². The van der Waals surface area contributed by atoms with Crippen molar-refractivity contribution in [1.82, 2.24) is 0 Å². The van der Waals surface area contributed by atoms with Crippen molar-refractivity contribution in [2.75, 3.05) is 6.61 Å². The summed E-state index contributed by atoms with van der Waals surface area (Å²) in [5.41, 5.74) is 0. The van der Waals surface area contributed by atoms with Crippen LogP contribution in [0.25, 0.3) is 0 Å². The van der Waals surface area contributed by atoms with E-state index in [-0.39, 0.29) is 11.5 Å². The standard InChI is InChI=1S/C26H44I2O3S/c1-2-3-4-5-6-7-8-9-10-11-12-13-14-15-16-17-18-19-20-31-32(29,30)26-22-24(27)21-25(28)23-26/h21-23H,2-20H2,1H3. The Morgan fingerprint density at radius 3 is 1.31 bits per heavy atom. The van der Waals surface area contributed by atoms with Crippen LogP contribution in [-0.4, -0.2) is 15.0 Å². The summed E-state index contributed by atoms with van der Waals surface area (Å²) < 4.78 is 31.6. The lowest BCUT2D eigenvalue weighted by atomic mass is 10.0. The lowest BCUT2D eigenvalue weighted by Gasteiger charge is -2.07. The van der Waals surface area contributed by atoms with Gasteiger partial charge in [-0.05, 0) is 69.8 Å². The number of unbranched alkanes of at least 4 members (excludes halogenated alkanes) is 17. The molecule has 0 aliphatic heterocycles. The third-order valence-corrected chi connectivity index (χ3v) is 8.40. The van der Waals surface area contributed by atoms with E-state index in [1.165, 1.54) is 103 Å². The van der Waals surface area contributed by atoms with Gasteiger partial charge in [0, 0.05) is 7.14 Å². The first-order chi connectivity index (χ1) is 15.5. The molecule has 0 atom stereocenters. The lowest BCUT2D eigenvalue weighted by Crippen LogP contribution is -2.08. The molecule has 0 radical (unpaired) electrons. The zero-order chi connectivity index (χ0) is 23.5. The van der Waals surface area contributed by atoms with Crippen LogP contribution in [0, 0.1) is 7.14 Å². The average molecular weight is 691 g/mol. The summed E-state index contributed by atoms with van der Waals surface area (Å²) in [6.45, 7) is 2.56. The molecular formula is C26H44I2O3S. The monoisotopic (exact) mass is 690 g/mol. The first-order valence-corrected chi connectivity index (χ1v) is 16.4. The minimum absolute atomic E-state index is 0.260. The maximum Gasteiger partial charge on any atom is 0.297 e. The van der Waals surface area contributed by atoms with Crippen LogP contribution in [0.5, 0.6) is 0 Å². The van der Waals surface area contributed by atoms with E-state index < -0.39 is 10.1 Å². The molecule has 0 N–H and O–H groups in total. The molecule has 0 bridgehead atoms. The van der Waals surface area contributed by atoms with Crippen LogP contribution in [0.15, 0.2) is 23.1 Å². The van der Waals surface area contributed by atoms with Crippen LogP contribution in [0.3, 0.4) is 0 Å². The molecule has 1 aromatic carbocycles. The molecule has 1 aromatic rings. The molecule has 0 aromatic heterocycles. The Morgan fingerprint density at radius 2 is 0.938 bits per heavy atom. The molecular weight excluding hydrogens is 646 g/mol. The van der Waals surface area contributed by atoms with Crippen molar-refractivity contribution in [2.24, 2.45) is 0 Å². The summed E-state index contributed by atoms with van der Waals surface area (Å²) in [5.74, 6) is 0. The van der Waals surface area contributed by atoms with Crippen LogP contribution in [0.2, 0.25) is 0 Å². The van der Waals surface area contributed by atoms with E-state index in [0.717, 1.165) is 20.0 Å². The normalized spacial score (nSPS) is 11.8. The highest BCUT2D eigenvalue weighted by atomic mass is 127. The van der Waals surface area contributed by atoms with Gasteiger partial charge in [-0.1, -0.05) is 116 Å². The van der Waals surface area contributed by atoms with E-state index in [4.69, 9.17) is 4.18 Å². The molecule has 0 unspecified atom stereocenters. The minimum Gasteiger partial charge on any atom is -0.266 e. The topological polar surface area (TPSA) is 43.4 Å². The highest BCUT2D eigenvalue weighted by Crippen LogP contribution is 2.20. The van der Waals surface area contributed by atoms with Crippen molar-refractivity contribution in [3.8, 4) is 0 Å². The molecule has 1 rings (SSSR count). The van der Waals surface area contributed by atoms with Crippen molar-refractivity contribution < 1.29 is 12.6 Å². The van der Waals surface area contributed by atoms with Gasteiger partial charge < -0.3 is 0 Å². The van der Waals surface area contributed by atoms with Crippen molar-refractivity contribution in [1.29, 1.82) is 0 Å². The van der Waals surface area contributed by atoms with E-state index in [9.17, 15) is 8.42 Å². The maximum absolute atomic E-state index is 12.3. The predicted octanol–water partition coefficient (Wildman–Crippen LogP) is 9.64. The SMILES string of the molecule is CCCCCCCCCCCCCCCCCCCCOS(=O)(=O)c1cc(I)cc(I)c1. The Morgan fingerprint density at radius 1 is 0.594 bits per heavy atom.